The van der Waals surface area contributed by atoms with Crippen molar-refractivity contribution in [2.45, 2.75) is 13.0 Å². The summed E-state index contributed by atoms with van der Waals surface area (Å²) in [5.74, 6) is -0.408. The summed E-state index contributed by atoms with van der Waals surface area (Å²) in [6.07, 6.45) is 0. The molecule has 4 nitrogen and oxygen atoms in total. The van der Waals surface area contributed by atoms with Gasteiger partial charge < -0.3 is 16.0 Å². The van der Waals surface area contributed by atoms with Crippen molar-refractivity contribution in [3.05, 3.63) is 0 Å². The second-order valence-electron chi connectivity index (χ2n) is 2.47. The van der Waals surface area contributed by atoms with E-state index in [-0.39, 0.29) is 0 Å². The van der Waals surface area contributed by atoms with Crippen LogP contribution in [-0.2, 0) is 4.79 Å². The van der Waals surface area contributed by atoms with Gasteiger partial charge in [0.05, 0.1) is 0 Å². The summed E-state index contributed by atoms with van der Waals surface area (Å²) in [7, 11) is 3.59. The Balaban J connectivity index is 3.85. The molecule has 0 unspecified atom stereocenters. The van der Waals surface area contributed by atoms with E-state index in [1.54, 1.807) is 25.9 Å². The Morgan fingerprint density at radius 2 is 2.09 bits per heavy atom. The van der Waals surface area contributed by atoms with Gasteiger partial charge in [-0.15, -0.1) is 0 Å². The topological polar surface area (TPSA) is 58.4 Å². The molecule has 0 radical (unpaired) electrons. The third-order valence-corrected chi connectivity index (χ3v) is 1.66. The molecular weight excluding hydrogens is 162 g/mol. The van der Waals surface area contributed by atoms with E-state index < -0.39 is 11.9 Å². The molecule has 0 aromatic rings. The maximum absolute atomic E-state index is 10.5. The summed E-state index contributed by atoms with van der Waals surface area (Å²) in [6.45, 7) is 1.66. The zero-order valence-electron chi connectivity index (χ0n) is 6.92. The van der Waals surface area contributed by atoms with Crippen LogP contribution in [0, 0.1) is 0 Å². The van der Waals surface area contributed by atoms with Crippen molar-refractivity contribution in [3.63, 3.8) is 0 Å². The van der Waals surface area contributed by atoms with Gasteiger partial charge in [0.1, 0.15) is 6.04 Å². The van der Waals surface area contributed by atoms with Crippen molar-refractivity contribution in [1.29, 1.82) is 0 Å². The highest BCUT2D eigenvalue weighted by Gasteiger charge is 2.09. The lowest BCUT2D eigenvalue weighted by Gasteiger charge is -2.18. The molecule has 1 amide bonds. The molecule has 0 aliphatic carbocycles. The number of nitrogens with two attached hydrogens (primary N) is 1. The van der Waals surface area contributed by atoms with Crippen molar-refractivity contribution >= 4 is 23.2 Å². The Labute approximate surface area is 71.7 Å². The third-order valence-electron chi connectivity index (χ3n) is 1.17. The third kappa shape index (κ3) is 3.77. The van der Waals surface area contributed by atoms with Gasteiger partial charge in [-0.25, -0.2) is 0 Å². The molecule has 1 atom stereocenters. The Morgan fingerprint density at radius 1 is 1.64 bits per heavy atom. The summed E-state index contributed by atoms with van der Waals surface area (Å²) >= 11 is 4.88. The minimum atomic E-state index is -0.412. The van der Waals surface area contributed by atoms with E-state index in [4.69, 9.17) is 18.0 Å². The number of carbonyl (C=O) groups is 1. The standard InChI is InChI=1S/C6H13N3OS/c1-4(5(7)10)8-6(11)9(2)3/h4H,1-3H3,(H2,7,10)(H,8,11)/t4-/m0/s1. The van der Waals surface area contributed by atoms with Crippen molar-refractivity contribution < 1.29 is 4.79 Å². The van der Waals surface area contributed by atoms with Gasteiger partial charge in [0, 0.05) is 14.1 Å². The molecule has 0 aliphatic rings. The SMILES string of the molecule is C[C@H](NC(=S)N(C)C)C(N)=O. The summed E-state index contributed by atoms with van der Waals surface area (Å²) in [4.78, 5) is 12.2. The first-order valence-electron chi connectivity index (χ1n) is 3.22. The summed E-state index contributed by atoms with van der Waals surface area (Å²) < 4.78 is 0. The molecular formula is C6H13N3OS. The number of thiocarbonyl (C=S) groups is 1. The molecule has 0 rings (SSSR count). The van der Waals surface area contributed by atoms with Crippen LogP contribution in [-0.4, -0.2) is 36.1 Å². The van der Waals surface area contributed by atoms with Gasteiger partial charge in [-0.1, -0.05) is 0 Å². The predicted molar refractivity (Wildman–Crippen MR) is 48.1 cm³/mol. The fourth-order valence-electron chi connectivity index (χ4n) is 0.385. The fraction of sp³-hybridized carbons (Fsp3) is 0.667. The number of hydrogen-bond donors (Lipinski definition) is 2. The first-order chi connectivity index (χ1) is 4.95. The van der Waals surface area contributed by atoms with E-state index in [9.17, 15) is 4.79 Å². The predicted octanol–water partition coefficient (Wildman–Crippen LogP) is -0.704. The maximum atomic E-state index is 10.5. The zero-order chi connectivity index (χ0) is 9.02. The number of carbonyl (C=O) groups excluding carboxylic acids is 1. The smallest absolute Gasteiger partial charge is 0.239 e. The highest BCUT2D eigenvalue weighted by atomic mass is 32.1. The average Bonchev–Trinajstić information content (AvgIpc) is 1.87. The van der Waals surface area contributed by atoms with Crippen LogP contribution in [0.5, 0.6) is 0 Å². The van der Waals surface area contributed by atoms with E-state index in [2.05, 4.69) is 5.32 Å². The van der Waals surface area contributed by atoms with Crippen LogP contribution in [0.25, 0.3) is 0 Å². The first-order valence-corrected chi connectivity index (χ1v) is 3.63. The second kappa shape index (κ2) is 4.12. The lowest BCUT2D eigenvalue weighted by Crippen LogP contribution is -2.46. The first kappa shape index (κ1) is 10.2. The summed E-state index contributed by atoms with van der Waals surface area (Å²) in [5.41, 5.74) is 5.00. The largest absolute Gasteiger partial charge is 0.368 e. The van der Waals surface area contributed by atoms with Crippen LogP contribution in [0.15, 0.2) is 0 Å². The summed E-state index contributed by atoms with van der Waals surface area (Å²) in [5, 5.41) is 3.27. The van der Waals surface area contributed by atoms with Crippen molar-refractivity contribution in [2.24, 2.45) is 5.73 Å². The number of hydrogen-bond acceptors (Lipinski definition) is 2. The minimum absolute atomic E-state index is 0.408. The van der Waals surface area contributed by atoms with Gasteiger partial charge in [-0.3, -0.25) is 4.79 Å². The van der Waals surface area contributed by atoms with Crippen LogP contribution in [0.2, 0.25) is 0 Å². The molecule has 64 valence electrons. The fourth-order valence-corrected chi connectivity index (χ4v) is 0.562. The van der Waals surface area contributed by atoms with Crippen LogP contribution < -0.4 is 11.1 Å². The zero-order valence-corrected chi connectivity index (χ0v) is 7.73. The van der Waals surface area contributed by atoms with Gasteiger partial charge in [0.25, 0.3) is 0 Å². The van der Waals surface area contributed by atoms with Crippen LogP contribution in [0.1, 0.15) is 6.92 Å². The van der Waals surface area contributed by atoms with E-state index in [0.29, 0.717) is 5.11 Å². The Morgan fingerprint density at radius 3 is 2.36 bits per heavy atom. The molecule has 0 saturated heterocycles. The van der Waals surface area contributed by atoms with Gasteiger partial charge in [-0.2, -0.15) is 0 Å². The maximum Gasteiger partial charge on any atom is 0.239 e. The number of nitrogens with zero attached hydrogens (tertiary/aromatic N) is 1. The van der Waals surface area contributed by atoms with Crippen LogP contribution in [0.4, 0.5) is 0 Å². The van der Waals surface area contributed by atoms with E-state index in [1.807, 2.05) is 0 Å². The lowest BCUT2D eigenvalue weighted by atomic mass is 10.3. The van der Waals surface area contributed by atoms with E-state index in [0.717, 1.165) is 0 Å². The molecule has 0 heterocycles. The molecule has 0 saturated carbocycles. The highest BCUT2D eigenvalue weighted by molar-refractivity contribution is 7.80. The van der Waals surface area contributed by atoms with Gasteiger partial charge >= 0.3 is 0 Å². The van der Waals surface area contributed by atoms with Gasteiger partial charge in [0.15, 0.2) is 5.11 Å². The Kier molecular flexibility index (Phi) is 3.81. The van der Waals surface area contributed by atoms with Gasteiger partial charge in [-0.05, 0) is 19.1 Å². The molecule has 5 heteroatoms. The van der Waals surface area contributed by atoms with Gasteiger partial charge in [0.2, 0.25) is 5.91 Å². The van der Waals surface area contributed by atoms with Crippen molar-refractivity contribution in [3.8, 4) is 0 Å². The monoisotopic (exact) mass is 175 g/mol. The highest BCUT2D eigenvalue weighted by Crippen LogP contribution is 1.83. The number of primary amides is 1. The molecule has 11 heavy (non-hydrogen) atoms. The number of nitrogens with one attached hydrogen (secondary N) is 1. The van der Waals surface area contributed by atoms with Crippen molar-refractivity contribution in [1.82, 2.24) is 10.2 Å². The quantitative estimate of drug-likeness (QED) is 0.545. The average molecular weight is 175 g/mol. The molecule has 0 aliphatic heterocycles. The van der Waals surface area contributed by atoms with E-state index >= 15 is 0 Å². The molecule has 0 fully saturated rings. The van der Waals surface area contributed by atoms with Crippen LogP contribution in [0.3, 0.4) is 0 Å². The molecule has 0 aromatic carbocycles. The number of amides is 1. The second-order valence-corrected chi connectivity index (χ2v) is 2.85. The molecule has 3 N–H and O–H groups in total. The number of rotatable bonds is 2. The lowest BCUT2D eigenvalue weighted by molar-refractivity contribution is -0.119. The summed E-state index contributed by atoms with van der Waals surface area (Å²) in [6, 6.07) is -0.412. The van der Waals surface area contributed by atoms with Crippen LogP contribution >= 0.6 is 12.2 Å². The van der Waals surface area contributed by atoms with Crippen molar-refractivity contribution in [2.75, 3.05) is 14.1 Å². The molecule has 0 bridgehead atoms. The van der Waals surface area contributed by atoms with E-state index in [1.165, 1.54) is 0 Å². The molecule has 0 spiro atoms. The Bertz CT molecular complexity index is 169. The normalized spacial score (nSPS) is 11.9. The Hall–Kier alpha value is -0.840. The minimum Gasteiger partial charge on any atom is -0.368 e. The molecule has 0 aromatic heterocycles.